The van der Waals surface area contributed by atoms with Crippen molar-refractivity contribution in [3.63, 3.8) is 0 Å². The van der Waals surface area contributed by atoms with E-state index in [9.17, 15) is 0 Å². The molecular formula is C17H23N. The van der Waals surface area contributed by atoms with E-state index in [0.29, 0.717) is 0 Å². The maximum absolute atomic E-state index is 3.76. The number of hydrogen-bond donors (Lipinski definition) is 0. The zero-order chi connectivity index (χ0) is 13.8. The fourth-order valence-electron chi connectivity index (χ4n) is 1.44. The van der Waals surface area contributed by atoms with Crippen LogP contribution in [0.5, 0.6) is 0 Å². The molecule has 0 fully saturated rings. The van der Waals surface area contributed by atoms with E-state index in [4.69, 9.17) is 0 Å². The van der Waals surface area contributed by atoms with E-state index < -0.39 is 0 Å². The van der Waals surface area contributed by atoms with Gasteiger partial charge in [-0.2, -0.15) is 0 Å². The van der Waals surface area contributed by atoms with Crippen LogP contribution in [0.4, 0.5) is 0 Å². The normalized spacial score (nSPS) is 10.5. The molecule has 0 amide bonds. The number of hydrogen-bond acceptors (Lipinski definition) is 1. The topological polar surface area (TPSA) is 3.24 Å². The zero-order valence-electron chi connectivity index (χ0n) is 11.7. The minimum absolute atomic E-state index is 0.935. The fraction of sp³-hybridized carbons (Fsp3) is 0.294. The standard InChI is InChI=1S/C17H23N/c1-6-10-14-16(12-8-3)18(5)17(13-9-4)15-11-7-2/h6-9,12-13H,1,3,10,14H2,2,4-5H3/b13-9-,16-12+,17-7?. The molecule has 0 unspecified atom stereocenters. The van der Waals surface area contributed by atoms with Gasteiger partial charge in [0.05, 0.1) is 5.70 Å². The van der Waals surface area contributed by atoms with Crippen LogP contribution < -0.4 is 0 Å². The average Bonchev–Trinajstić information content (AvgIpc) is 2.38. The van der Waals surface area contributed by atoms with Gasteiger partial charge in [-0.3, -0.25) is 0 Å². The molecule has 0 radical (unpaired) electrons. The zero-order valence-corrected chi connectivity index (χ0v) is 11.7. The van der Waals surface area contributed by atoms with Crippen LogP contribution in [0.1, 0.15) is 26.7 Å². The Morgan fingerprint density at radius 1 is 1.28 bits per heavy atom. The lowest BCUT2D eigenvalue weighted by molar-refractivity contribution is 0.511. The monoisotopic (exact) mass is 241 g/mol. The summed E-state index contributed by atoms with van der Waals surface area (Å²) in [6.45, 7) is 11.4. The van der Waals surface area contributed by atoms with Crippen LogP contribution in [0.2, 0.25) is 0 Å². The van der Waals surface area contributed by atoms with E-state index in [-0.39, 0.29) is 0 Å². The van der Waals surface area contributed by atoms with Crippen molar-refractivity contribution < 1.29 is 0 Å². The van der Waals surface area contributed by atoms with Crippen LogP contribution in [-0.2, 0) is 0 Å². The highest BCUT2D eigenvalue weighted by Gasteiger charge is 2.05. The molecule has 1 nitrogen and oxygen atoms in total. The van der Waals surface area contributed by atoms with E-state index in [1.165, 1.54) is 5.70 Å². The van der Waals surface area contributed by atoms with Crippen LogP contribution in [-0.4, -0.2) is 11.9 Å². The van der Waals surface area contributed by atoms with Gasteiger partial charge in [0.25, 0.3) is 0 Å². The second kappa shape index (κ2) is 10.2. The summed E-state index contributed by atoms with van der Waals surface area (Å²) in [7, 11) is 2.03. The molecule has 0 spiro atoms. The Bertz CT molecular complexity index is 423. The number of likely N-dealkylation sites (N-methyl/N-ethyl adjacent to an activating group) is 1. The molecular weight excluding hydrogens is 218 g/mol. The molecule has 0 rings (SSSR count). The van der Waals surface area contributed by atoms with Crippen LogP contribution in [0, 0.1) is 0 Å². The summed E-state index contributed by atoms with van der Waals surface area (Å²) >= 11 is 0. The number of nitrogens with zero attached hydrogens (tertiary/aromatic N) is 1. The predicted molar refractivity (Wildman–Crippen MR) is 81.1 cm³/mol. The molecule has 0 N–H and O–H groups in total. The summed E-state index contributed by atoms with van der Waals surface area (Å²) in [5.41, 5.74) is 8.29. The van der Waals surface area contributed by atoms with Crippen molar-refractivity contribution in [3.8, 4) is 0 Å². The van der Waals surface area contributed by atoms with Crippen molar-refractivity contribution in [3.05, 3.63) is 72.5 Å². The summed E-state index contributed by atoms with van der Waals surface area (Å²) < 4.78 is 0. The third-order valence-electron chi connectivity index (χ3n) is 2.38. The third kappa shape index (κ3) is 5.96. The molecule has 0 aromatic carbocycles. The van der Waals surface area contributed by atoms with Crippen LogP contribution in [0.25, 0.3) is 0 Å². The Labute approximate surface area is 112 Å². The molecule has 0 aliphatic carbocycles. The van der Waals surface area contributed by atoms with E-state index >= 15 is 0 Å². The lowest BCUT2D eigenvalue weighted by atomic mass is 10.2. The van der Waals surface area contributed by atoms with Gasteiger partial charge in [-0.1, -0.05) is 30.5 Å². The quantitative estimate of drug-likeness (QED) is 0.353. The van der Waals surface area contributed by atoms with Gasteiger partial charge in [0.2, 0.25) is 0 Å². The van der Waals surface area contributed by atoms with E-state index in [2.05, 4.69) is 29.5 Å². The lowest BCUT2D eigenvalue weighted by Gasteiger charge is -2.21. The highest BCUT2D eigenvalue weighted by molar-refractivity contribution is 5.23. The molecule has 18 heavy (non-hydrogen) atoms. The van der Waals surface area contributed by atoms with Crippen molar-refractivity contribution in [1.82, 2.24) is 4.90 Å². The number of allylic oxidation sites excluding steroid dienone is 7. The highest BCUT2D eigenvalue weighted by atomic mass is 15.1. The van der Waals surface area contributed by atoms with Crippen molar-refractivity contribution in [2.45, 2.75) is 26.7 Å². The first-order valence-electron chi connectivity index (χ1n) is 6.16. The molecule has 0 atom stereocenters. The van der Waals surface area contributed by atoms with Crippen molar-refractivity contribution >= 4 is 0 Å². The van der Waals surface area contributed by atoms with Crippen LogP contribution in [0.15, 0.2) is 72.5 Å². The summed E-state index contributed by atoms with van der Waals surface area (Å²) in [6, 6.07) is 0. The molecule has 0 saturated carbocycles. The second-order valence-electron chi connectivity index (χ2n) is 3.72. The first kappa shape index (κ1) is 16.1. The van der Waals surface area contributed by atoms with Gasteiger partial charge in [-0.25, -0.2) is 0 Å². The van der Waals surface area contributed by atoms with Gasteiger partial charge < -0.3 is 4.90 Å². The van der Waals surface area contributed by atoms with Gasteiger partial charge in [-0.05, 0) is 50.6 Å². The maximum atomic E-state index is 3.76. The van der Waals surface area contributed by atoms with E-state index in [1.54, 1.807) is 0 Å². The summed E-state index contributed by atoms with van der Waals surface area (Å²) in [5, 5.41) is 0. The second-order valence-corrected chi connectivity index (χ2v) is 3.72. The Kier molecular flexibility index (Phi) is 9.13. The van der Waals surface area contributed by atoms with E-state index in [1.807, 2.05) is 57.4 Å². The molecule has 0 aliphatic rings. The summed E-state index contributed by atoms with van der Waals surface area (Å²) in [6.07, 6.45) is 13.5. The number of rotatable bonds is 7. The van der Waals surface area contributed by atoms with Crippen molar-refractivity contribution in [2.24, 2.45) is 0 Å². The molecule has 0 aromatic heterocycles. The molecule has 0 saturated heterocycles. The first-order chi connectivity index (χ1) is 8.71. The van der Waals surface area contributed by atoms with Gasteiger partial charge in [0.1, 0.15) is 0 Å². The fourth-order valence-corrected chi connectivity index (χ4v) is 1.44. The molecule has 0 aromatic rings. The Balaban J connectivity index is 5.32. The Morgan fingerprint density at radius 2 is 2.00 bits per heavy atom. The van der Waals surface area contributed by atoms with Crippen molar-refractivity contribution in [2.75, 3.05) is 7.05 Å². The Hall–Kier alpha value is -1.94. The smallest absolute Gasteiger partial charge is 0.0918 e. The summed E-state index contributed by atoms with van der Waals surface area (Å²) in [5.74, 6) is 0. The average molecular weight is 241 g/mol. The largest absolute Gasteiger partial charge is 0.341 e. The maximum Gasteiger partial charge on any atom is 0.0918 e. The molecule has 0 heterocycles. The molecule has 1 heteroatoms. The minimum Gasteiger partial charge on any atom is -0.341 e. The van der Waals surface area contributed by atoms with Crippen LogP contribution in [0.3, 0.4) is 0 Å². The van der Waals surface area contributed by atoms with Crippen molar-refractivity contribution in [1.29, 1.82) is 0 Å². The summed E-state index contributed by atoms with van der Waals surface area (Å²) in [4.78, 5) is 2.10. The first-order valence-corrected chi connectivity index (χ1v) is 6.16. The highest BCUT2D eigenvalue weighted by Crippen LogP contribution is 2.16. The minimum atomic E-state index is 0.935. The van der Waals surface area contributed by atoms with Gasteiger partial charge in [0.15, 0.2) is 0 Å². The van der Waals surface area contributed by atoms with E-state index in [0.717, 1.165) is 18.5 Å². The van der Waals surface area contributed by atoms with Gasteiger partial charge in [-0.15, -0.1) is 6.58 Å². The molecule has 96 valence electrons. The third-order valence-corrected chi connectivity index (χ3v) is 2.38. The SMILES string of the molecule is C=C/C=C(\CCC=C)N(C)C(=C=C=CC)/C=C\C. The predicted octanol–water partition coefficient (Wildman–Crippen LogP) is 4.74. The lowest BCUT2D eigenvalue weighted by Crippen LogP contribution is -2.15. The van der Waals surface area contributed by atoms with Crippen LogP contribution >= 0.6 is 0 Å². The Morgan fingerprint density at radius 3 is 2.50 bits per heavy atom. The van der Waals surface area contributed by atoms with Gasteiger partial charge in [0, 0.05) is 12.7 Å². The molecule has 0 bridgehead atoms. The van der Waals surface area contributed by atoms with Gasteiger partial charge >= 0.3 is 0 Å². The molecule has 0 aliphatic heterocycles.